The van der Waals surface area contributed by atoms with Crippen molar-refractivity contribution in [1.82, 2.24) is 4.90 Å². The average molecular weight is 385 g/mol. The molecule has 7 nitrogen and oxygen atoms in total. The van der Waals surface area contributed by atoms with E-state index in [0.29, 0.717) is 5.56 Å². The van der Waals surface area contributed by atoms with Gasteiger partial charge in [-0.05, 0) is 11.6 Å². The van der Waals surface area contributed by atoms with Gasteiger partial charge in [0.2, 0.25) is 0 Å². The van der Waals surface area contributed by atoms with E-state index in [0.717, 1.165) is 0 Å². The first-order valence-corrected chi connectivity index (χ1v) is 6.96. The highest BCUT2D eigenvalue weighted by Crippen LogP contribution is 2.38. The number of hydrogen-bond donors (Lipinski definition) is 1. The minimum absolute atomic E-state index is 0. The van der Waals surface area contributed by atoms with Crippen LogP contribution in [0.5, 0.6) is 5.75 Å². The molecule has 1 aliphatic rings. The molecule has 1 fully saturated rings. The molecule has 2 atom stereocenters. The van der Waals surface area contributed by atoms with Crippen molar-refractivity contribution in [3.05, 3.63) is 33.9 Å². The van der Waals surface area contributed by atoms with Crippen LogP contribution >= 0.6 is 12.4 Å². The van der Waals surface area contributed by atoms with E-state index in [9.17, 15) is 28.1 Å². The van der Waals surface area contributed by atoms with Crippen LogP contribution in [0.25, 0.3) is 0 Å². The number of hydrogen-bond acceptors (Lipinski definition) is 5. The zero-order valence-electron chi connectivity index (χ0n) is 13.0. The van der Waals surface area contributed by atoms with Crippen LogP contribution < -0.4 is 4.74 Å². The molecule has 0 radical (unpaired) electrons. The monoisotopic (exact) mass is 384 g/mol. The van der Waals surface area contributed by atoms with Gasteiger partial charge in [-0.2, -0.15) is 13.2 Å². The molecule has 1 saturated heterocycles. The van der Waals surface area contributed by atoms with Crippen molar-refractivity contribution in [2.24, 2.45) is 11.8 Å². The predicted octanol–water partition coefficient (Wildman–Crippen LogP) is 2.72. The van der Waals surface area contributed by atoms with Gasteiger partial charge in [0.25, 0.3) is 0 Å². The number of carboxylic acids is 1. The molecule has 25 heavy (non-hydrogen) atoms. The number of benzene rings is 1. The van der Waals surface area contributed by atoms with E-state index in [1.54, 1.807) is 0 Å². The number of rotatable bonds is 5. The molecular weight excluding hydrogens is 369 g/mol. The van der Waals surface area contributed by atoms with E-state index >= 15 is 0 Å². The number of nitro groups is 1. The summed E-state index contributed by atoms with van der Waals surface area (Å²) in [7, 11) is 1.27. The Morgan fingerprint density at radius 2 is 2.08 bits per heavy atom. The zero-order valence-corrected chi connectivity index (χ0v) is 13.8. The summed E-state index contributed by atoms with van der Waals surface area (Å²) in [6.45, 7) is -0.735. The maximum absolute atomic E-state index is 13.0. The molecule has 0 amide bonds. The normalized spacial score (nSPS) is 20.8. The fraction of sp³-hybridized carbons (Fsp3) is 0.500. The van der Waals surface area contributed by atoms with Crippen LogP contribution in [0.2, 0.25) is 0 Å². The lowest BCUT2D eigenvalue weighted by molar-refractivity contribution is -0.385. The van der Waals surface area contributed by atoms with Crippen molar-refractivity contribution in [2.75, 3.05) is 20.2 Å². The van der Waals surface area contributed by atoms with E-state index in [1.807, 2.05) is 0 Å². The molecule has 0 saturated carbocycles. The minimum Gasteiger partial charge on any atom is -0.490 e. The van der Waals surface area contributed by atoms with Crippen LogP contribution in [0.3, 0.4) is 0 Å². The van der Waals surface area contributed by atoms with Crippen LogP contribution in [0.1, 0.15) is 5.56 Å². The lowest BCUT2D eigenvalue weighted by Gasteiger charge is -2.18. The van der Waals surface area contributed by atoms with Gasteiger partial charge in [-0.3, -0.25) is 19.8 Å². The fourth-order valence-corrected chi connectivity index (χ4v) is 2.83. The van der Waals surface area contributed by atoms with Crippen molar-refractivity contribution < 1.29 is 32.7 Å². The zero-order chi connectivity index (χ0) is 18.1. The van der Waals surface area contributed by atoms with Crippen molar-refractivity contribution in [1.29, 1.82) is 0 Å². The van der Waals surface area contributed by atoms with Gasteiger partial charge in [0, 0.05) is 25.7 Å². The van der Waals surface area contributed by atoms with Crippen LogP contribution in [0.4, 0.5) is 18.9 Å². The third-order valence-electron chi connectivity index (χ3n) is 3.98. The molecule has 0 bridgehead atoms. The summed E-state index contributed by atoms with van der Waals surface area (Å²) >= 11 is 0. The summed E-state index contributed by atoms with van der Waals surface area (Å²) in [6, 6.07) is 4.08. The average Bonchev–Trinajstić information content (AvgIpc) is 2.91. The summed E-state index contributed by atoms with van der Waals surface area (Å²) in [5.74, 6) is -4.95. The SMILES string of the molecule is COc1ccc(CN2C[C@@H](C(F)(F)F)[C@H](C(=O)O)C2)cc1[N+](=O)[O-].Cl. The lowest BCUT2D eigenvalue weighted by atomic mass is 9.96. The summed E-state index contributed by atoms with van der Waals surface area (Å²) < 4.78 is 43.7. The molecule has 11 heteroatoms. The first kappa shape index (κ1) is 21.0. The molecule has 0 unspecified atom stereocenters. The van der Waals surface area contributed by atoms with Crippen molar-refractivity contribution in [3.63, 3.8) is 0 Å². The van der Waals surface area contributed by atoms with Gasteiger partial charge < -0.3 is 9.84 Å². The van der Waals surface area contributed by atoms with E-state index in [-0.39, 0.29) is 36.9 Å². The molecule has 0 spiro atoms. The van der Waals surface area contributed by atoms with Gasteiger partial charge >= 0.3 is 17.8 Å². The topological polar surface area (TPSA) is 92.9 Å². The number of halogens is 4. The molecule has 0 aliphatic carbocycles. The first-order valence-electron chi connectivity index (χ1n) is 6.96. The Balaban J connectivity index is 0.00000312. The highest BCUT2D eigenvalue weighted by atomic mass is 35.5. The van der Waals surface area contributed by atoms with Gasteiger partial charge in [-0.1, -0.05) is 6.07 Å². The molecule has 2 rings (SSSR count). The third-order valence-corrected chi connectivity index (χ3v) is 3.98. The Kier molecular flexibility index (Phi) is 6.61. The van der Waals surface area contributed by atoms with Crippen LogP contribution in [0, 0.1) is 22.0 Å². The predicted molar refractivity (Wildman–Crippen MR) is 82.8 cm³/mol. The molecule has 0 aromatic heterocycles. The van der Waals surface area contributed by atoms with E-state index in [2.05, 4.69) is 0 Å². The highest BCUT2D eigenvalue weighted by Gasteiger charge is 2.52. The number of carboxylic acid groups (broad SMARTS) is 1. The molecule has 1 aliphatic heterocycles. The molecule has 1 N–H and O–H groups in total. The number of alkyl halides is 3. The van der Waals surface area contributed by atoms with Crippen LogP contribution in [-0.2, 0) is 11.3 Å². The van der Waals surface area contributed by atoms with E-state index < -0.39 is 35.4 Å². The summed E-state index contributed by atoms with van der Waals surface area (Å²) in [5.41, 5.74) is 0.116. The number of aliphatic carboxylic acids is 1. The van der Waals surface area contributed by atoms with Gasteiger partial charge in [0.15, 0.2) is 5.75 Å². The smallest absolute Gasteiger partial charge is 0.393 e. The van der Waals surface area contributed by atoms with Crippen molar-refractivity contribution in [2.45, 2.75) is 12.7 Å². The molecule has 140 valence electrons. The number of nitro benzene ring substituents is 1. The van der Waals surface area contributed by atoms with Gasteiger partial charge in [-0.15, -0.1) is 12.4 Å². The Morgan fingerprint density at radius 3 is 2.52 bits per heavy atom. The molecular formula is C14H16ClF3N2O5. The fourth-order valence-electron chi connectivity index (χ4n) is 2.83. The molecule has 1 aromatic carbocycles. The number of methoxy groups -OCH3 is 1. The second kappa shape index (κ2) is 7.87. The summed E-state index contributed by atoms with van der Waals surface area (Å²) in [4.78, 5) is 22.7. The lowest BCUT2D eigenvalue weighted by Crippen LogP contribution is -2.33. The highest BCUT2D eigenvalue weighted by molar-refractivity contribution is 5.85. The Hall–Kier alpha value is -2.07. The van der Waals surface area contributed by atoms with E-state index in [4.69, 9.17) is 9.84 Å². The molecule has 1 aromatic rings. The van der Waals surface area contributed by atoms with Crippen molar-refractivity contribution >= 4 is 24.1 Å². The Bertz CT molecular complexity index is 656. The summed E-state index contributed by atoms with van der Waals surface area (Å²) in [6.07, 6.45) is -4.61. The summed E-state index contributed by atoms with van der Waals surface area (Å²) in [5, 5.41) is 20.0. The minimum atomic E-state index is -4.61. The van der Waals surface area contributed by atoms with E-state index in [1.165, 1.54) is 30.2 Å². The maximum atomic E-state index is 13.0. The second-order valence-corrected chi connectivity index (χ2v) is 5.55. The van der Waals surface area contributed by atoms with Gasteiger partial charge in [-0.25, -0.2) is 0 Å². The maximum Gasteiger partial charge on any atom is 0.393 e. The number of nitrogens with zero attached hydrogens (tertiary/aromatic N) is 2. The van der Waals surface area contributed by atoms with Gasteiger partial charge in [0.1, 0.15) is 0 Å². The second-order valence-electron chi connectivity index (χ2n) is 5.55. The van der Waals surface area contributed by atoms with Crippen molar-refractivity contribution in [3.8, 4) is 5.75 Å². The first-order chi connectivity index (χ1) is 11.1. The quantitative estimate of drug-likeness (QED) is 0.619. The molecule has 1 heterocycles. The largest absolute Gasteiger partial charge is 0.490 e. The van der Waals surface area contributed by atoms with Crippen LogP contribution in [0.15, 0.2) is 18.2 Å². The number of likely N-dealkylation sites (tertiary alicyclic amines) is 1. The number of ether oxygens (including phenoxy) is 1. The Morgan fingerprint density at radius 1 is 1.44 bits per heavy atom. The number of carbonyl (C=O) groups is 1. The standard InChI is InChI=1S/C14H15F3N2O5.ClH/c1-24-12-3-2-8(4-11(12)19(22)23)5-18-6-9(13(20)21)10(7-18)14(15,16)17;/h2-4,9-10H,5-7H2,1H3,(H,20,21);1H/t9-,10-;/m1./s1. The third kappa shape index (κ3) is 4.73. The van der Waals surface area contributed by atoms with Crippen LogP contribution in [-0.4, -0.2) is 47.3 Å². The Labute approximate surface area is 146 Å². The van der Waals surface area contributed by atoms with Gasteiger partial charge in [0.05, 0.1) is 23.9 Å².